The van der Waals surface area contributed by atoms with E-state index in [2.05, 4.69) is 9.88 Å². The second kappa shape index (κ2) is 8.83. The van der Waals surface area contributed by atoms with Gasteiger partial charge in [0.15, 0.2) is 11.7 Å². The van der Waals surface area contributed by atoms with Crippen molar-refractivity contribution in [1.82, 2.24) is 9.88 Å². The maximum Gasteiger partial charge on any atom is 0.223 e. The second-order valence-corrected chi connectivity index (χ2v) is 7.44. The molecule has 8 heteroatoms. The number of anilines is 1. The third-order valence-corrected chi connectivity index (χ3v) is 5.46. The van der Waals surface area contributed by atoms with Crippen LogP contribution in [0.2, 0.25) is 5.02 Å². The van der Waals surface area contributed by atoms with Crippen molar-refractivity contribution in [1.29, 1.82) is 0 Å². The van der Waals surface area contributed by atoms with Crippen LogP contribution in [0.4, 0.5) is 14.5 Å². The van der Waals surface area contributed by atoms with E-state index in [1.807, 2.05) is 24.3 Å². The maximum atomic E-state index is 13.9. The zero-order valence-electron chi connectivity index (χ0n) is 16.2. The molecule has 1 fully saturated rings. The van der Waals surface area contributed by atoms with Crippen molar-refractivity contribution in [2.45, 2.75) is 12.8 Å². The molecule has 2 aromatic carbocycles. The first-order valence-corrected chi connectivity index (χ1v) is 10.1. The van der Waals surface area contributed by atoms with Crippen molar-refractivity contribution in [3.8, 4) is 11.3 Å². The number of carbonyl (C=O) groups is 1. The monoisotopic (exact) mass is 431 g/mol. The lowest BCUT2D eigenvalue weighted by Crippen LogP contribution is -2.48. The molecule has 0 bridgehead atoms. The highest BCUT2D eigenvalue weighted by Crippen LogP contribution is 2.28. The summed E-state index contributed by atoms with van der Waals surface area (Å²) in [4.78, 5) is 20.6. The molecule has 1 aromatic heterocycles. The number of hydrogen-bond acceptors (Lipinski definition) is 4. The van der Waals surface area contributed by atoms with E-state index in [-0.39, 0.29) is 36.0 Å². The summed E-state index contributed by atoms with van der Waals surface area (Å²) in [6.07, 6.45) is 1.76. The zero-order chi connectivity index (χ0) is 21.1. The number of oxazole rings is 1. The summed E-state index contributed by atoms with van der Waals surface area (Å²) in [5.41, 5.74) is 0.720. The molecule has 1 aliphatic heterocycles. The number of nitrogens with zero attached hydrogens (tertiary/aromatic N) is 3. The third-order valence-electron chi connectivity index (χ3n) is 5.14. The van der Waals surface area contributed by atoms with E-state index in [9.17, 15) is 13.6 Å². The zero-order valence-corrected chi connectivity index (χ0v) is 16.9. The van der Waals surface area contributed by atoms with Crippen LogP contribution in [0.25, 0.3) is 11.3 Å². The Morgan fingerprint density at radius 3 is 2.43 bits per heavy atom. The van der Waals surface area contributed by atoms with Gasteiger partial charge in [0.25, 0.3) is 0 Å². The van der Waals surface area contributed by atoms with Gasteiger partial charge in [0.1, 0.15) is 11.6 Å². The molecule has 0 N–H and O–H groups in total. The average molecular weight is 432 g/mol. The molecule has 3 aromatic rings. The fourth-order valence-electron chi connectivity index (χ4n) is 3.55. The van der Waals surface area contributed by atoms with Crippen LogP contribution in [-0.2, 0) is 11.2 Å². The third kappa shape index (κ3) is 4.31. The summed E-state index contributed by atoms with van der Waals surface area (Å²) >= 11 is 6.25. The molecule has 30 heavy (non-hydrogen) atoms. The molecule has 156 valence electrons. The number of carbonyl (C=O) groups excluding carboxylic acids is 1. The standard InChI is InChI=1S/C22H20ClF2N3O2/c23-15-4-1-2-7-18(15)27-10-12-28(13-11-27)21(29)9-8-20-26-14-19(30-20)22-16(24)5-3-6-17(22)25/h1-7,14H,8-13H2. The Balaban J connectivity index is 1.32. The van der Waals surface area contributed by atoms with Crippen molar-refractivity contribution < 1.29 is 18.0 Å². The first-order valence-electron chi connectivity index (χ1n) is 9.69. The Labute approximate surface area is 177 Å². The minimum Gasteiger partial charge on any atom is -0.441 e. The van der Waals surface area contributed by atoms with E-state index in [1.165, 1.54) is 12.3 Å². The summed E-state index contributed by atoms with van der Waals surface area (Å²) in [6, 6.07) is 11.3. The van der Waals surface area contributed by atoms with Gasteiger partial charge in [-0.25, -0.2) is 13.8 Å². The second-order valence-electron chi connectivity index (χ2n) is 7.03. The van der Waals surface area contributed by atoms with Gasteiger partial charge in [-0.15, -0.1) is 0 Å². The van der Waals surface area contributed by atoms with E-state index < -0.39 is 11.6 Å². The van der Waals surface area contributed by atoms with Crippen LogP contribution in [0.3, 0.4) is 0 Å². The van der Waals surface area contributed by atoms with Gasteiger partial charge in [0.2, 0.25) is 5.91 Å². The number of benzene rings is 2. The van der Waals surface area contributed by atoms with Gasteiger partial charge in [-0.3, -0.25) is 4.79 Å². The molecule has 1 aliphatic rings. The Morgan fingerprint density at radius 1 is 1.03 bits per heavy atom. The molecule has 0 spiro atoms. The van der Waals surface area contributed by atoms with E-state index in [1.54, 1.807) is 4.90 Å². The average Bonchev–Trinajstić information content (AvgIpc) is 3.21. The fourth-order valence-corrected chi connectivity index (χ4v) is 3.81. The van der Waals surface area contributed by atoms with E-state index in [0.29, 0.717) is 31.2 Å². The molecule has 1 amide bonds. The van der Waals surface area contributed by atoms with Crippen LogP contribution in [0.5, 0.6) is 0 Å². The highest BCUT2D eigenvalue weighted by molar-refractivity contribution is 6.33. The Hall–Kier alpha value is -2.93. The van der Waals surface area contributed by atoms with Crippen LogP contribution in [0, 0.1) is 11.6 Å². The molecule has 1 saturated heterocycles. The molecule has 0 unspecified atom stereocenters. The van der Waals surface area contributed by atoms with Crippen LogP contribution >= 0.6 is 11.6 Å². The van der Waals surface area contributed by atoms with E-state index in [0.717, 1.165) is 17.8 Å². The molecule has 0 saturated carbocycles. The molecule has 0 atom stereocenters. The number of aryl methyl sites for hydroxylation is 1. The Bertz CT molecular complexity index is 1030. The van der Waals surface area contributed by atoms with Gasteiger partial charge in [-0.05, 0) is 24.3 Å². The fraction of sp³-hybridized carbons (Fsp3) is 0.273. The van der Waals surface area contributed by atoms with Gasteiger partial charge in [-0.1, -0.05) is 29.8 Å². The van der Waals surface area contributed by atoms with Crippen molar-refractivity contribution in [3.05, 3.63) is 71.2 Å². The van der Waals surface area contributed by atoms with Crippen molar-refractivity contribution in [2.75, 3.05) is 31.1 Å². The summed E-state index contributed by atoms with van der Waals surface area (Å²) in [5.74, 6) is -1.15. The van der Waals surface area contributed by atoms with Gasteiger partial charge in [0.05, 0.1) is 22.5 Å². The van der Waals surface area contributed by atoms with Crippen LogP contribution in [0.15, 0.2) is 53.1 Å². The Morgan fingerprint density at radius 2 is 1.73 bits per heavy atom. The molecule has 0 aliphatic carbocycles. The lowest BCUT2D eigenvalue weighted by Gasteiger charge is -2.36. The highest BCUT2D eigenvalue weighted by atomic mass is 35.5. The molecule has 5 nitrogen and oxygen atoms in total. The summed E-state index contributed by atoms with van der Waals surface area (Å²) in [7, 11) is 0. The predicted molar refractivity (Wildman–Crippen MR) is 110 cm³/mol. The molecule has 0 radical (unpaired) electrons. The molecular formula is C22H20ClF2N3O2. The van der Waals surface area contributed by atoms with Crippen molar-refractivity contribution in [2.24, 2.45) is 0 Å². The number of piperazine rings is 1. The van der Waals surface area contributed by atoms with Crippen molar-refractivity contribution >= 4 is 23.2 Å². The van der Waals surface area contributed by atoms with Crippen LogP contribution in [0.1, 0.15) is 12.3 Å². The summed E-state index contributed by atoms with van der Waals surface area (Å²) in [6.45, 7) is 2.60. The number of hydrogen-bond donors (Lipinski definition) is 0. The quantitative estimate of drug-likeness (QED) is 0.594. The first kappa shape index (κ1) is 20.3. The minimum absolute atomic E-state index is 0.00868. The maximum absolute atomic E-state index is 13.9. The SMILES string of the molecule is O=C(CCc1ncc(-c2c(F)cccc2F)o1)N1CCN(c2ccccc2Cl)CC1. The number of rotatable bonds is 5. The Kier molecular flexibility index (Phi) is 5.99. The lowest BCUT2D eigenvalue weighted by molar-refractivity contribution is -0.131. The summed E-state index contributed by atoms with van der Waals surface area (Å²) < 4.78 is 33.2. The topological polar surface area (TPSA) is 49.6 Å². The predicted octanol–water partition coefficient (Wildman–Crippen LogP) is 4.55. The number of amides is 1. The van der Waals surface area contributed by atoms with Gasteiger partial charge in [0, 0.05) is 39.0 Å². The number of para-hydroxylation sites is 1. The number of aromatic nitrogens is 1. The van der Waals surface area contributed by atoms with Gasteiger partial charge < -0.3 is 14.2 Å². The molecule has 2 heterocycles. The van der Waals surface area contributed by atoms with Crippen molar-refractivity contribution in [3.63, 3.8) is 0 Å². The number of halogens is 3. The molecule has 4 rings (SSSR count). The van der Waals surface area contributed by atoms with Crippen LogP contribution in [-0.4, -0.2) is 42.0 Å². The first-order chi connectivity index (χ1) is 14.5. The van der Waals surface area contributed by atoms with Gasteiger partial charge in [-0.2, -0.15) is 0 Å². The van der Waals surface area contributed by atoms with Gasteiger partial charge >= 0.3 is 0 Å². The van der Waals surface area contributed by atoms with Crippen LogP contribution < -0.4 is 4.90 Å². The van der Waals surface area contributed by atoms with E-state index in [4.69, 9.17) is 16.0 Å². The lowest BCUT2D eigenvalue weighted by atomic mass is 10.1. The highest BCUT2D eigenvalue weighted by Gasteiger charge is 2.23. The normalized spacial score (nSPS) is 14.2. The molecular weight excluding hydrogens is 412 g/mol. The van der Waals surface area contributed by atoms with E-state index >= 15 is 0 Å². The largest absolute Gasteiger partial charge is 0.441 e. The minimum atomic E-state index is -0.717. The summed E-state index contributed by atoms with van der Waals surface area (Å²) in [5, 5.41) is 0.697. The smallest absolute Gasteiger partial charge is 0.223 e.